The van der Waals surface area contributed by atoms with Gasteiger partial charge in [0.2, 0.25) is 5.88 Å². The van der Waals surface area contributed by atoms with Crippen molar-refractivity contribution >= 4 is 11.7 Å². The van der Waals surface area contributed by atoms with Crippen molar-refractivity contribution in [2.45, 2.75) is 6.54 Å². The third-order valence-corrected chi connectivity index (χ3v) is 4.03. The lowest BCUT2D eigenvalue weighted by Crippen LogP contribution is -2.28. The molecule has 4 rings (SSSR count). The van der Waals surface area contributed by atoms with E-state index in [4.69, 9.17) is 4.74 Å². The highest BCUT2D eigenvalue weighted by atomic mass is 19.1. The Kier molecular flexibility index (Phi) is 5.61. The van der Waals surface area contributed by atoms with Crippen LogP contribution in [0.2, 0.25) is 0 Å². The maximum absolute atomic E-state index is 12.9. The van der Waals surface area contributed by atoms with Gasteiger partial charge in [0.25, 0.3) is 0 Å². The molecule has 0 atom stereocenters. The summed E-state index contributed by atoms with van der Waals surface area (Å²) in [5.41, 5.74) is 1.35. The number of carbonyl (C=O) groups is 1. The van der Waals surface area contributed by atoms with Crippen molar-refractivity contribution in [3.63, 3.8) is 0 Å². The van der Waals surface area contributed by atoms with Gasteiger partial charge in [-0.2, -0.15) is 5.10 Å². The molecule has 0 unspecified atom stereocenters. The van der Waals surface area contributed by atoms with E-state index in [2.05, 4.69) is 25.7 Å². The van der Waals surface area contributed by atoms with Crippen molar-refractivity contribution in [3.8, 4) is 17.4 Å². The fourth-order valence-corrected chi connectivity index (χ4v) is 2.56. The molecule has 3 aromatic heterocycles. The van der Waals surface area contributed by atoms with Crippen molar-refractivity contribution in [1.82, 2.24) is 25.1 Å². The molecule has 0 fully saturated rings. The molecule has 2 N–H and O–H groups in total. The summed E-state index contributed by atoms with van der Waals surface area (Å²) in [5, 5.41) is 9.56. The summed E-state index contributed by atoms with van der Waals surface area (Å²) in [5.74, 6) is 1.15. The summed E-state index contributed by atoms with van der Waals surface area (Å²) in [6.45, 7) is 0.317. The van der Waals surface area contributed by atoms with Crippen LogP contribution in [0.25, 0.3) is 5.82 Å². The Morgan fingerprint density at radius 1 is 1.03 bits per heavy atom. The van der Waals surface area contributed by atoms with Crippen LogP contribution in [0.4, 0.5) is 14.9 Å². The highest BCUT2D eigenvalue weighted by molar-refractivity contribution is 5.88. The molecule has 4 aromatic rings. The van der Waals surface area contributed by atoms with Gasteiger partial charge in [0.1, 0.15) is 11.6 Å². The Bertz CT molecular complexity index is 1100. The lowest BCUT2D eigenvalue weighted by Gasteiger charge is -2.09. The van der Waals surface area contributed by atoms with Gasteiger partial charge in [-0.1, -0.05) is 6.07 Å². The van der Waals surface area contributed by atoms with E-state index in [1.54, 1.807) is 35.4 Å². The topological polar surface area (TPSA) is 94.0 Å². The molecular formula is C21H17FN6O2. The van der Waals surface area contributed by atoms with Gasteiger partial charge in [0.15, 0.2) is 5.82 Å². The van der Waals surface area contributed by atoms with Crippen molar-refractivity contribution in [2.75, 3.05) is 5.32 Å². The van der Waals surface area contributed by atoms with Crippen LogP contribution < -0.4 is 15.4 Å². The molecule has 3 heterocycles. The van der Waals surface area contributed by atoms with E-state index >= 15 is 0 Å². The van der Waals surface area contributed by atoms with Crippen LogP contribution in [-0.4, -0.2) is 25.8 Å². The Hall–Kier alpha value is -4.27. The number of pyridine rings is 2. The highest BCUT2D eigenvalue weighted by Crippen LogP contribution is 2.20. The molecule has 0 aliphatic heterocycles. The number of hydrogen-bond acceptors (Lipinski definition) is 5. The maximum atomic E-state index is 12.9. The van der Waals surface area contributed by atoms with E-state index in [9.17, 15) is 9.18 Å². The van der Waals surface area contributed by atoms with Crippen molar-refractivity contribution in [1.29, 1.82) is 0 Å². The summed E-state index contributed by atoms with van der Waals surface area (Å²) in [7, 11) is 0. The molecule has 0 radical (unpaired) electrons. The minimum absolute atomic E-state index is 0.317. The molecule has 0 aliphatic carbocycles. The predicted molar refractivity (Wildman–Crippen MR) is 108 cm³/mol. The number of urea groups is 1. The molecular weight excluding hydrogens is 387 g/mol. The number of carbonyl (C=O) groups excluding carboxylic acids is 1. The Morgan fingerprint density at radius 3 is 2.57 bits per heavy atom. The first-order valence-corrected chi connectivity index (χ1v) is 9.05. The zero-order chi connectivity index (χ0) is 20.8. The molecule has 0 saturated carbocycles. The third kappa shape index (κ3) is 4.96. The average Bonchev–Trinajstić information content (AvgIpc) is 3.31. The molecule has 0 saturated heterocycles. The SMILES string of the molecule is O=C(NCc1ccc(-n2cccn2)nc1)Nc1ccc(Oc2ccc(F)cc2)nc1. The van der Waals surface area contributed by atoms with Gasteiger partial charge >= 0.3 is 6.03 Å². The number of nitrogens with one attached hydrogen (secondary N) is 2. The van der Waals surface area contributed by atoms with Crippen LogP contribution in [0.1, 0.15) is 5.56 Å². The second kappa shape index (κ2) is 8.82. The Labute approximate surface area is 171 Å². The summed E-state index contributed by atoms with van der Waals surface area (Å²) >= 11 is 0. The third-order valence-electron chi connectivity index (χ3n) is 4.03. The summed E-state index contributed by atoms with van der Waals surface area (Å²) in [6.07, 6.45) is 6.63. The summed E-state index contributed by atoms with van der Waals surface area (Å²) < 4.78 is 20.1. The number of ether oxygens (including phenoxy) is 1. The summed E-state index contributed by atoms with van der Waals surface area (Å²) in [4.78, 5) is 20.5. The number of aromatic nitrogens is 4. The summed E-state index contributed by atoms with van der Waals surface area (Å²) in [6, 6.07) is 14.0. The Balaban J connectivity index is 1.27. The van der Waals surface area contributed by atoms with E-state index in [0.717, 1.165) is 5.56 Å². The second-order valence-electron chi connectivity index (χ2n) is 6.22. The lowest BCUT2D eigenvalue weighted by atomic mass is 10.3. The molecule has 0 aliphatic rings. The first-order valence-electron chi connectivity index (χ1n) is 9.05. The van der Waals surface area contributed by atoms with E-state index in [-0.39, 0.29) is 11.8 Å². The lowest BCUT2D eigenvalue weighted by molar-refractivity contribution is 0.251. The number of halogens is 1. The standard InChI is InChI=1S/C21H17FN6O2/c22-16-3-6-18(7-4-16)30-20-9-5-17(14-24-20)27-21(29)25-13-15-2-8-19(23-12-15)28-11-1-10-26-28/h1-12,14H,13H2,(H2,25,27,29). The van der Waals surface area contributed by atoms with Crippen LogP contribution in [-0.2, 0) is 6.54 Å². The van der Waals surface area contributed by atoms with Gasteiger partial charge in [0.05, 0.1) is 11.9 Å². The van der Waals surface area contributed by atoms with Gasteiger partial charge in [-0.05, 0) is 48.0 Å². The van der Waals surface area contributed by atoms with Crippen molar-refractivity contribution < 1.29 is 13.9 Å². The number of rotatable bonds is 6. The van der Waals surface area contributed by atoms with E-state index < -0.39 is 0 Å². The van der Waals surface area contributed by atoms with Gasteiger partial charge < -0.3 is 15.4 Å². The first kappa shape index (κ1) is 19.1. The normalized spacial score (nSPS) is 10.4. The molecule has 30 heavy (non-hydrogen) atoms. The molecule has 0 bridgehead atoms. The Morgan fingerprint density at radius 2 is 1.90 bits per heavy atom. The van der Waals surface area contributed by atoms with Gasteiger partial charge in [-0.3, -0.25) is 0 Å². The van der Waals surface area contributed by atoms with E-state index in [1.165, 1.54) is 30.5 Å². The van der Waals surface area contributed by atoms with Crippen molar-refractivity contribution in [3.05, 3.63) is 90.8 Å². The minimum atomic E-state index is -0.375. The number of anilines is 1. The zero-order valence-corrected chi connectivity index (χ0v) is 15.7. The minimum Gasteiger partial charge on any atom is -0.439 e. The predicted octanol–water partition coefficient (Wildman–Crippen LogP) is 3.92. The number of benzene rings is 1. The second-order valence-corrected chi connectivity index (χ2v) is 6.22. The molecule has 9 heteroatoms. The van der Waals surface area contributed by atoms with Crippen LogP contribution in [0.5, 0.6) is 11.6 Å². The van der Waals surface area contributed by atoms with E-state index in [0.29, 0.717) is 29.7 Å². The molecule has 1 aromatic carbocycles. The largest absolute Gasteiger partial charge is 0.439 e. The zero-order valence-electron chi connectivity index (χ0n) is 15.7. The monoisotopic (exact) mass is 404 g/mol. The number of nitrogens with zero attached hydrogens (tertiary/aromatic N) is 4. The van der Waals surface area contributed by atoms with Gasteiger partial charge in [-0.25, -0.2) is 23.8 Å². The number of amides is 2. The van der Waals surface area contributed by atoms with Crippen molar-refractivity contribution in [2.24, 2.45) is 0 Å². The molecule has 150 valence electrons. The quantitative estimate of drug-likeness (QED) is 0.508. The average molecular weight is 404 g/mol. The van der Waals surface area contributed by atoms with Crippen LogP contribution >= 0.6 is 0 Å². The fraction of sp³-hybridized carbons (Fsp3) is 0.0476. The first-order chi connectivity index (χ1) is 14.7. The smallest absolute Gasteiger partial charge is 0.319 e. The van der Waals surface area contributed by atoms with Crippen LogP contribution in [0.15, 0.2) is 79.4 Å². The van der Waals surface area contributed by atoms with Gasteiger partial charge in [0, 0.05) is 31.2 Å². The number of hydrogen-bond donors (Lipinski definition) is 2. The molecule has 0 spiro atoms. The van der Waals surface area contributed by atoms with Gasteiger partial charge in [-0.15, -0.1) is 0 Å². The maximum Gasteiger partial charge on any atom is 0.319 e. The van der Waals surface area contributed by atoms with E-state index in [1.807, 2.05) is 18.2 Å². The fourth-order valence-electron chi connectivity index (χ4n) is 2.56. The van der Waals surface area contributed by atoms with Crippen LogP contribution in [0, 0.1) is 5.82 Å². The molecule has 8 nitrogen and oxygen atoms in total. The molecule has 2 amide bonds. The highest BCUT2D eigenvalue weighted by Gasteiger charge is 2.05. The van der Waals surface area contributed by atoms with Crippen LogP contribution in [0.3, 0.4) is 0 Å².